The van der Waals surface area contributed by atoms with Crippen molar-refractivity contribution in [2.75, 3.05) is 0 Å². The Balaban J connectivity index is 2.28. The predicted octanol–water partition coefficient (Wildman–Crippen LogP) is 2.52. The van der Waals surface area contributed by atoms with Gasteiger partial charge in [0, 0.05) is 11.8 Å². The van der Waals surface area contributed by atoms with Crippen LogP contribution in [0.1, 0.15) is 11.3 Å². The molecule has 15 heavy (non-hydrogen) atoms. The van der Waals surface area contributed by atoms with Crippen LogP contribution in [0, 0.1) is 18.6 Å². The zero-order chi connectivity index (χ0) is 10.8. The second-order valence-electron chi connectivity index (χ2n) is 3.37. The van der Waals surface area contributed by atoms with Crippen molar-refractivity contribution in [3.05, 3.63) is 53.4 Å². The molecule has 2 rings (SSSR count). The van der Waals surface area contributed by atoms with Gasteiger partial charge in [-0.05, 0) is 19.1 Å². The van der Waals surface area contributed by atoms with Gasteiger partial charge >= 0.3 is 0 Å². The Hall–Kier alpha value is -1.71. The summed E-state index contributed by atoms with van der Waals surface area (Å²) in [7, 11) is 0. The molecule has 0 aliphatic rings. The first-order chi connectivity index (χ1) is 7.16. The highest BCUT2D eigenvalue weighted by molar-refractivity contribution is 5.19. The first kappa shape index (κ1) is 9.83. The van der Waals surface area contributed by atoms with Gasteiger partial charge in [0.2, 0.25) is 0 Å². The van der Waals surface area contributed by atoms with Gasteiger partial charge in [-0.2, -0.15) is 5.10 Å². The van der Waals surface area contributed by atoms with E-state index < -0.39 is 11.6 Å². The van der Waals surface area contributed by atoms with E-state index in [2.05, 4.69) is 5.10 Å². The Morgan fingerprint density at radius 2 is 2.07 bits per heavy atom. The van der Waals surface area contributed by atoms with Crippen LogP contribution in [-0.4, -0.2) is 9.78 Å². The van der Waals surface area contributed by atoms with Crippen LogP contribution in [0.2, 0.25) is 0 Å². The van der Waals surface area contributed by atoms with Gasteiger partial charge < -0.3 is 0 Å². The smallest absolute Gasteiger partial charge is 0.163 e. The third kappa shape index (κ3) is 2.03. The molecule has 2 nitrogen and oxygen atoms in total. The van der Waals surface area contributed by atoms with Crippen molar-refractivity contribution in [3.8, 4) is 0 Å². The van der Waals surface area contributed by atoms with Gasteiger partial charge in [-0.1, -0.05) is 12.1 Å². The second-order valence-corrected chi connectivity index (χ2v) is 3.37. The lowest BCUT2D eigenvalue weighted by molar-refractivity contribution is 0.491. The van der Waals surface area contributed by atoms with Gasteiger partial charge in [-0.25, -0.2) is 8.78 Å². The van der Waals surface area contributed by atoms with Gasteiger partial charge in [0.15, 0.2) is 11.6 Å². The molecule has 0 spiro atoms. The predicted molar refractivity (Wildman–Crippen MR) is 52.4 cm³/mol. The van der Waals surface area contributed by atoms with E-state index in [9.17, 15) is 8.78 Å². The van der Waals surface area contributed by atoms with E-state index in [1.54, 1.807) is 16.9 Å². The molecule has 0 amide bonds. The summed E-state index contributed by atoms with van der Waals surface area (Å²) in [6.07, 6.45) is 1.74. The highest BCUT2D eigenvalue weighted by Crippen LogP contribution is 2.12. The van der Waals surface area contributed by atoms with Crippen LogP contribution in [0.5, 0.6) is 0 Å². The molecule has 0 saturated heterocycles. The van der Waals surface area contributed by atoms with Gasteiger partial charge in [-0.15, -0.1) is 0 Å². The minimum absolute atomic E-state index is 0.247. The molecular weight excluding hydrogens is 198 g/mol. The molecule has 0 saturated carbocycles. The molecule has 2 aromatic rings. The maximum absolute atomic E-state index is 13.3. The Morgan fingerprint density at radius 3 is 2.73 bits per heavy atom. The third-order valence-corrected chi connectivity index (χ3v) is 2.14. The van der Waals surface area contributed by atoms with E-state index >= 15 is 0 Å². The number of hydrogen-bond acceptors (Lipinski definition) is 1. The van der Waals surface area contributed by atoms with Gasteiger partial charge in [0.25, 0.3) is 0 Å². The minimum atomic E-state index is -0.823. The molecule has 1 heterocycles. The lowest BCUT2D eigenvalue weighted by Crippen LogP contribution is -2.03. The average Bonchev–Trinajstić information content (AvgIpc) is 2.59. The van der Waals surface area contributed by atoms with Crippen LogP contribution in [-0.2, 0) is 6.54 Å². The monoisotopic (exact) mass is 208 g/mol. The highest BCUT2D eigenvalue weighted by atomic mass is 19.2. The quantitative estimate of drug-likeness (QED) is 0.741. The Kier molecular flexibility index (Phi) is 2.49. The maximum atomic E-state index is 13.3. The lowest BCUT2D eigenvalue weighted by atomic mass is 10.2. The number of benzene rings is 1. The van der Waals surface area contributed by atoms with E-state index in [-0.39, 0.29) is 6.54 Å². The zero-order valence-corrected chi connectivity index (χ0v) is 8.24. The van der Waals surface area contributed by atoms with Crippen LogP contribution < -0.4 is 0 Å². The van der Waals surface area contributed by atoms with E-state index in [0.717, 1.165) is 11.8 Å². The molecule has 0 unspecified atom stereocenters. The van der Waals surface area contributed by atoms with Gasteiger partial charge in [0.05, 0.1) is 12.2 Å². The Bertz CT molecular complexity index is 477. The molecule has 1 aromatic heterocycles. The Morgan fingerprint density at radius 1 is 1.27 bits per heavy atom. The van der Waals surface area contributed by atoms with Crippen molar-refractivity contribution < 1.29 is 8.78 Å². The molecular formula is C11H10F2N2. The van der Waals surface area contributed by atoms with E-state index in [0.29, 0.717) is 5.56 Å². The number of aromatic nitrogens is 2. The van der Waals surface area contributed by atoms with Crippen LogP contribution in [0.4, 0.5) is 8.78 Å². The van der Waals surface area contributed by atoms with Crippen molar-refractivity contribution >= 4 is 0 Å². The number of rotatable bonds is 2. The molecule has 0 aliphatic carbocycles. The molecule has 1 aromatic carbocycles. The summed E-state index contributed by atoms with van der Waals surface area (Å²) in [5.41, 5.74) is 1.16. The molecule has 0 bridgehead atoms. The summed E-state index contributed by atoms with van der Waals surface area (Å²) < 4.78 is 27.7. The molecule has 0 radical (unpaired) electrons. The molecule has 78 valence electrons. The first-order valence-electron chi connectivity index (χ1n) is 4.60. The zero-order valence-electron chi connectivity index (χ0n) is 8.24. The van der Waals surface area contributed by atoms with Gasteiger partial charge in [0.1, 0.15) is 0 Å². The maximum Gasteiger partial charge on any atom is 0.163 e. The summed E-state index contributed by atoms with van der Waals surface area (Å²) >= 11 is 0. The molecule has 0 N–H and O–H groups in total. The van der Waals surface area contributed by atoms with Crippen LogP contribution in [0.15, 0.2) is 30.5 Å². The summed E-state index contributed by atoms with van der Waals surface area (Å²) in [6, 6.07) is 5.96. The third-order valence-electron chi connectivity index (χ3n) is 2.14. The van der Waals surface area contributed by atoms with Crippen molar-refractivity contribution in [3.63, 3.8) is 0 Å². The summed E-state index contributed by atoms with van der Waals surface area (Å²) in [5.74, 6) is -1.62. The summed E-state index contributed by atoms with van der Waals surface area (Å²) in [4.78, 5) is 0. The van der Waals surface area contributed by atoms with Crippen LogP contribution >= 0.6 is 0 Å². The fraction of sp³-hybridized carbons (Fsp3) is 0.182. The standard InChI is InChI=1S/C11H10F2N2/c1-8-5-6-15(14-8)7-9-3-2-4-10(12)11(9)13/h2-6H,7H2,1H3. The summed E-state index contributed by atoms with van der Waals surface area (Å²) in [5, 5.41) is 4.10. The van der Waals surface area contributed by atoms with Crippen molar-refractivity contribution in [1.82, 2.24) is 9.78 Å². The second kappa shape index (κ2) is 3.81. The lowest BCUT2D eigenvalue weighted by Gasteiger charge is -2.03. The normalized spacial score (nSPS) is 10.6. The minimum Gasteiger partial charge on any atom is -0.268 e. The Labute approximate surface area is 86.2 Å². The first-order valence-corrected chi connectivity index (χ1v) is 4.60. The van der Waals surface area contributed by atoms with Gasteiger partial charge in [-0.3, -0.25) is 4.68 Å². The molecule has 0 fully saturated rings. The van der Waals surface area contributed by atoms with Crippen molar-refractivity contribution in [2.45, 2.75) is 13.5 Å². The molecule has 4 heteroatoms. The number of hydrogen-bond donors (Lipinski definition) is 0. The van der Waals surface area contributed by atoms with Crippen LogP contribution in [0.3, 0.4) is 0 Å². The molecule has 0 atom stereocenters. The van der Waals surface area contributed by atoms with E-state index in [4.69, 9.17) is 0 Å². The fourth-order valence-corrected chi connectivity index (χ4v) is 1.40. The number of halogens is 2. The van der Waals surface area contributed by atoms with Crippen LogP contribution in [0.25, 0.3) is 0 Å². The number of aryl methyl sites for hydroxylation is 1. The SMILES string of the molecule is Cc1ccn(Cc2cccc(F)c2F)n1. The largest absolute Gasteiger partial charge is 0.268 e. The average molecular weight is 208 g/mol. The molecule has 0 aliphatic heterocycles. The fourth-order valence-electron chi connectivity index (χ4n) is 1.40. The summed E-state index contributed by atoms with van der Waals surface area (Å²) in [6.45, 7) is 2.09. The van der Waals surface area contributed by atoms with E-state index in [1.807, 2.05) is 13.0 Å². The topological polar surface area (TPSA) is 17.8 Å². The van der Waals surface area contributed by atoms with E-state index in [1.165, 1.54) is 6.07 Å². The number of nitrogens with zero attached hydrogens (tertiary/aromatic N) is 2. The van der Waals surface area contributed by atoms with Crippen molar-refractivity contribution in [2.24, 2.45) is 0 Å². The highest BCUT2D eigenvalue weighted by Gasteiger charge is 2.07. The van der Waals surface area contributed by atoms with Crippen molar-refractivity contribution in [1.29, 1.82) is 0 Å².